The number of aliphatic hydroxyl groups is 1. The lowest BCUT2D eigenvalue weighted by molar-refractivity contribution is 0.0988. The Morgan fingerprint density at radius 1 is 1.00 bits per heavy atom. The molecule has 0 amide bonds. The summed E-state index contributed by atoms with van der Waals surface area (Å²) in [4.78, 5) is 0. The van der Waals surface area contributed by atoms with Gasteiger partial charge in [0.15, 0.2) is 0 Å². The van der Waals surface area contributed by atoms with Crippen molar-refractivity contribution in [1.29, 1.82) is 0 Å². The molecular weight excluding hydrogens is 264 g/mol. The summed E-state index contributed by atoms with van der Waals surface area (Å²) in [5.74, 6) is 0.462. The van der Waals surface area contributed by atoms with E-state index in [0.717, 1.165) is 10.0 Å². The molecule has 2 heteroatoms. The second-order valence-electron chi connectivity index (χ2n) is 4.75. The molecule has 1 atom stereocenters. The SMILES string of the molecule is O[C@H](c1ccc(Br)cc1)C1CCCCCC1. The number of aliphatic hydroxyl groups excluding tert-OH is 1. The summed E-state index contributed by atoms with van der Waals surface area (Å²) in [6.07, 6.45) is 7.31. The fourth-order valence-corrected chi connectivity index (χ4v) is 2.82. The van der Waals surface area contributed by atoms with E-state index in [1.54, 1.807) is 0 Å². The van der Waals surface area contributed by atoms with Gasteiger partial charge in [-0.2, -0.15) is 0 Å². The van der Waals surface area contributed by atoms with E-state index in [1.165, 1.54) is 38.5 Å². The van der Waals surface area contributed by atoms with Crippen molar-refractivity contribution in [3.05, 3.63) is 34.3 Å². The number of hydrogen-bond acceptors (Lipinski definition) is 1. The monoisotopic (exact) mass is 282 g/mol. The van der Waals surface area contributed by atoms with Crippen molar-refractivity contribution in [1.82, 2.24) is 0 Å². The molecule has 0 aliphatic heterocycles. The van der Waals surface area contributed by atoms with Crippen molar-refractivity contribution in [3.8, 4) is 0 Å². The van der Waals surface area contributed by atoms with E-state index in [0.29, 0.717) is 5.92 Å². The molecule has 0 heterocycles. The van der Waals surface area contributed by atoms with Crippen LogP contribution in [-0.2, 0) is 0 Å². The highest BCUT2D eigenvalue weighted by Gasteiger charge is 2.21. The molecule has 88 valence electrons. The van der Waals surface area contributed by atoms with Crippen molar-refractivity contribution < 1.29 is 5.11 Å². The van der Waals surface area contributed by atoms with E-state index in [1.807, 2.05) is 24.3 Å². The molecule has 1 aromatic rings. The van der Waals surface area contributed by atoms with Crippen LogP contribution in [0.1, 0.15) is 50.2 Å². The molecule has 16 heavy (non-hydrogen) atoms. The van der Waals surface area contributed by atoms with E-state index >= 15 is 0 Å². The number of benzene rings is 1. The highest BCUT2D eigenvalue weighted by Crippen LogP contribution is 2.33. The summed E-state index contributed by atoms with van der Waals surface area (Å²) in [6, 6.07) is 8.07. The Morgan fingerprint density at radius 2 is 1.56 bits per heavy atom. The lowest BCUT2D eigenvalue weighted by Crippen LogP contribution is -2.11. The molecule has 1 fully saturated rings. The molecule has 1 aromatic carbocycles. The lowest BCUT2D eigenvalue weighted by atomic mass is 9.89. The van der Waals surface area contributed by atoms with Crippen molar-refractivity contribution in [2.75, 3.05) is 0 Å². The van der Waals surface area contributed by atoms with Crippen molar-refractivity contribution in [3.63, 3.8) is 0 Å². The third-order valence-electron chi connectivity index (χ3n) is 3.56. The molecule has 0 saturated heterocycles. The molecule has 0 bridgehead atoms. The van der Waals surface area contributed by atoms with Crippen molar-refractivity contribution >= 4 is 15.9 Å². The number of halogens is 1. The van der Waals surface area contributed by atoms with Gasteiger partial charge < -0.3 is 5.11 Å². The van der Waals surface area contributed by atoms with Crippen LogP contribution in [0.5, 0.6) is 0 Å². The topological polar surface area (TPSA) is 20.2 Å². The lowest BCUT2D eigenvalue weighted by Gasteiger charge is -2.21. The largest absolute Gasteiger partial charge is 0.388 e. The Kier molecular flexibility index (Phi) is 4.42. The Hall–Kier alpha value is -0.340. The van der Waals surface area contributed by atoms with Crippen molar-refractivity contribution in [2.24, 2.45) is 5.92 Å². The van der Waals surface area contributed by atoms with Gasteiger partial charge >= 0.3 is 0 Å². The standard InChI is InChI=1S/C14H19BrO/c15-13-9-7-12(8-10-13)14(16)11-5-3-1-2-4-6-11/h7-11,14,16H,1-6H2/t14-/m0/s1. The van der Waals surface area contributed by atoms with Crippen LogP contribution < -0.4 is 0 Å². The minimum atomic E-state index is -0.272. The van der Waals surface area contributed by atoms with Crippen LogP contribution in [0.4, 0.5) is 0 Å². The summed E-state index contributed by atoms with van der Waals surface area (Å²) in [5, 5.41) is 10.3. The van der Waals surface area contributed by atoms with Gasteiger partial charge in [-0.05, 0) is 36.5 Å². The summed E-state index contributed by atoms with van der Waals surface area (Å²) >= 11 is 3.42. The second-order valence-corrected chi connectivity index (χ2v) is 5.66. The van der Waals surface area contributed by atoms with E-state index in [4.69, 9.17) is 0 Å². The quantitative estimate of drug-likeness (QED) is 0.795. The van der Waals surface area contributed by atoms with Crippen LogP contribution in [0.15, 0.2) is 28.7 Å². The smallest absolute Gasteiger partial charge is 0.0818 e. The van der Waals surface area contributed by atoms with Crippen LogP contribution in [0, 0.1) is 5.92 Å². The fraction of sp³-hybridized carbons (Fsp3) is 0.571. The Bertz CT molecular complexity index is 312. The Labute approximate surface area is 106 Å². The van der Waals surface area contributed by atoms with Gasteiger partial charge in [0.25, 0.3) is 0 Å². The van der Waals surface area contributed by atoms with Gasteiger partial charge in [0.2, 0.25) is 0 Å². The van der Waals surface area contributed by atoms with Gasteiger partial charge in [-0.15, -0.1) is 0 Å². The molecule has 2 rings (SSSR count). The van der Waals surface area contributed by atoms with Crippen LogP contribution in [0.3, 0.4) is 0 Å². The maximum absolute atomic E-state index is 10.3. The zero-order chi connectivity index (χ0) is 11.4. The Morgan fingerprint density at radius 3 is 2.12 bits per heavy atom. The molecule has 1 N–H and O–H groups in total. The summed E-state index contributed by atoms with van der Waals surface area (Å²) < 4.78 is 1.07. The third kappa shape index (κ3) is 3.08. The van der Waals surface area contributed by atoms with Gasteiger partial charge in [-0.25, -0.2) is 0 Å². The van der Waals surface area contributed by atoms with Gasteiger partial charge in [0.05, 0.1) is 6.10 Å². The first kappa shape index (κ1) is 12.1. The van der Waals surface area contributed by atoms with E-state index < -0.39 is 0 Å². The molecular formula is C14H19BrO. The van der Waals surface area contributed by atoms with E-state index in [9.17, 15) is 5.11 Å². The predicted octanol–water partition coefficient (Wildman–Crippen LogP) is 4.45. The summed E-state index contributed by atoms with van der Waals surface area (Å²) in [7, 11) is 0. The molecule has 0 aromatic heterocycles. The average Bonchev–Trinajstić information content (AvgIpc) is 2.57. The first-order valence-electron chi connectivity index (χ1n) is 6.21. The van der Waals surface area contributed by atoms with Crippen LogP contribution >= 0.6 is 15.9 Å². The van der Waals surface area contributed by atoms with Gasteiger partial charge in [0, 0.05) is 4.47 Å². The Balaban J connectivity index is 2.04. The van der Waals surface area contributed by atoms with E-state index in [2.05, 4.69) is 15.9 Å². The average molecular weight is 283 g/mol. The third-order valence-corrected chi connectivity index (χ3v) is 4.09. The maximum atomic E-state index is 10.3. The first-order valence-corrected chi connectivity index (χ1v) is 7.00. The van der Waals surface area contributed by atoms with Gasteiger partial charge in [0.1, 0.15) is 0 Å². The molecule has 0 spiro atoms. The normalized spacial score (nSPS) is 20.4. The zero-order valence-electron chi connectivity index (χ0n) is 9.53. The zero-order valence-corrected chi connectivity index (χ0v) is 11.1. The molecule has 1 aliphatic rings. The predicted molar refractivity (Wildman–Crippen MR) is 70.3 cm³/mol. The number of rotatable bonds is 2. The highest BCUT2D eigenvalue weighted by atomic mass is 79.9. The summed E-state index contributed by atoms with van der Waals surface area (Å²) in [5.41, 5.74) is 1.06. The molecule has 1 aliphatic carbocycles. The van der Waals surface area contributed by atoms with Gasteiger partial charge in [-0.3, -0.25) is 0 Å². The van der Waals surface area contributed by atoms with Gasteiger partial charge in [-0.1, -0.05) is 53.7 Å². The minimum Gasteiger partial charge on any atom is -0.388 e. The van der Waals surface area contributed by atoms with Crippen molar-refractivity contribution in [2.45, 2.75) is 44.6 Å². The molecule has 1 saturated carbocycles. The molecule has 0 radical (unpaired) electrons. The van der Waals surface area contributed by atoms with Crippen LogP contribution in [0.2, 0.25) is 0 Å². The summed E-state index contributed by atoms with van der Waals surface area (Å²) in [6.45, 7) is 0. The van der Waals surface area contributed by atoms with Crippen LogP contribution in [-0.4, -0.2) is 5.11 Å². The second kappa shape index (κ2) is 5.83. The number of hydrogen-bond donors (Lipinski definition) is 1. The minimum absolute atomic E-state index is 0.272. The molecule has 1 nitrogen and oxygen atoms in total. The van der Waals surface area contributed by atoms with E-state index in [-0.39, 0.29) is 6.10 Å². The van der Waals surface area contributed by atoms with Crippen LogP contribution in [0.25, 0.3) is 0 Å². The maximum Gasteiger partial charge on any atom is 0.0818 e. The molecule has 0 unspecified atom stereocenters. The first-order chi connectivity index (χ1) is 7.77. The fourth-order valence-electron chi connectivity index (χ4n) is 2.56. The highest BCUT2D eigenvalue weighted by molar-refractivity contribution is 9.10.